The maximum Gasteiger partial charge on any atom is 0.282 e. The van der Waals surface area contributed by atoms with E-state index in [9.17, 15) is 13.6 Å². The molecule has 0 atom stereocenters. The number of hydrogen-bond acceptors (Lipinski definition) is 3. The Morgan fingerprint density at radius 1 is 1.71 bits per heavy atom. The first-order valence-corrected chi connectivity index (χ1v) is 3.71. The maximum absolute atomic E-state index is 12.3. The highest BCUT2D eigenvalue weighted by Gasteiger charge is 2.22. The van der Waals surface area contributed by atoms with Gasteiger partial charge in [-0.1, -0.05) is 0 Å². The van der Waals surface area contributed by atoms with E-state index in [4.69, 9.17) is 0 Å². The lowest BCUT2D eigenvalue weighted by molar-refractivity contribution is 0.0529. The molecular weight excluding hydrogens is 196 g/mol. The normalized spacial score (nSPS) is 10.6. The van der Waals surface area contributed by atoms with Crippen molar-refractivity contribution in [2.24, 2.45) is 7.05 Å². The molecule has 1 aromatic rings. The third-order valence-corrected chi connectivity index (χ3v) is 1.50. The summed E-state index contributed by atoms with van der Waals surface area (Å²) >= 11 is 0. The van der Waals surface area contributed by atoms with Crippen molar-refractivity contribution < 1.29 is 18.4 Å². The van der Waals surface area contributed by atoms with Crippen LogP contribution in [-0.2, 0) is 11.9 Å². The monoisotopic (exact) mass is 205 g/mol. The maximum atomic E-state index is 12.3. The van der Waals surface area contributed by atoms with E-state index < -0.39 is 18.0 Å². The van der Waals surface area contributed by atoms with Gasteiger partial charge in [0.25, 0.3) is 12.3 Å². The zero-order chi connectivity index (χ0) is 10.7. The van der Waals surface area contributed by atoms with Crippen molar-refractivity contribution in [3.8, 4) is 0 Å². The third kappa shape index (κ3) is 2.05. The van der Waals surface area contributed by atoms with Crippen LogP contribution in [0.4, 0.5) is 8.78 Å². The molecular formula is C7H9F2N3O2. The van der Waals surface area contributed by atoms with E-state index in [1.165, 1.54) is 20.4 Å². The standard InChI is InChI=1S/C7H9F2N3O2/c1-12-3-4(7(13)11-14-2)5(10-12)6(8)9/h3,6H,1-2H3,(H,11,13). The van der Waals surface area contributed by atoms with E-state index in [1.807, 2.05) is 5.48 Å². The smallest absolute Gasteiger partial charge is 0.277 e. The second-order valence-electron chi connectivity index (χ2n) is 2.54. The summed E-state index contributed by atoms with van der Waals surface area (Å²) in [6, 6.07) is 0. The van der Waals surface area contributed by atoms with E-state index >= 15 is 0 Å². The second-order valence-corrected chi connectivity index (χ2v) is 2.54. The summed E-state index contributed by atoms with van der Waals surface area (Å²) in [5, 5.41) is 3.46. The lowest BCUT2D eigenvalue weighted by Gasteiger charge is -2.00. The molecule has 0 saturated carbocycles. The number of aromatic nitrogens is 2. The Hall–Kier alpha value is -1.50. The summed E-state index contributed by atoms with van der Waals surface area (Å²) in [5.74, 6) is -0.740. The number of carbonyl (C=O) groups excluding carboxylic acids is 1. The molecule has 0 bridgehead atoms. The lowest BCUT2D eigenvalue weighted by atomic mass is 10.2. The molecule has 0 unspecified atom stereocenters. The van der Waals surface area contributed by atoms with Crippen LogP contribution in [0.15, 0.2) is 6.20 Å². The average Bonchev–Trinajstić information content (AvgIpc) is 2.48. The van der Waals surface area contributed by atoms with E-state index in [0.717, 1.165) is 4.68 Å². The van der Waals surface area contributed by atoms with Gasteiger partial charge in [-0.15, -0.1) is 0 Å². The Kier molecular flexibility index (Phi) is 3.13. The van der Waals surface area contributed by atoms with E-state index in [2.05, 4.69) is 9.94 Å². The van der Waals surface area contributed by atoms with Crippen LogP contribution in [0.2, 0.25) is 0 Å². The summed E-state index contributed by atoms with van der Waals surface area (Å²) < 4.78 is 25.8. The predicted octanol–water partition coefficient (Wildman–Crippen LogP) is 0.649. The van der Waals surface area contributed by atoms with Crippen molar-refractivity contribution in [2.75, 3.05) is 7.11 Å². The molecule has 0 saturated heterocycles. The Morgan fingerprint density at radius 3 is 2.86 bits per heavy atom. The van der Waals surface area contributed by atoms with E-state index in [1.54, 1.807) is 0 Å². The summed E-state index contributed by atoms with van der Waals surface area (Å²) in [7, 11) is 2.67. The van der Waals surface area contributed by atoms with E-state index in [0.29, 0.717) is 0 Å². The highest BCUT2D eigenvalue weighted by atomic mass is 19.3. The van der Waals surface area contributed by atoms with Crippen LogP contribution in [0.25, 0.3) is 0 Å². The number of halogens is 2. The molecule has 0 spiro atoms. The molecule has 1 amide bonds. The number of carbonyl (C=O) groups is 1. The molecule has 1 heterocycles. The Labute approximate surface area is 78.6 Å². The van der Waals surface area contributed by atoms with Crippen LogP contribution in [-0.4, -0.2) is 22.8 Å². The van der Waals surface area contributed by atoms with E-state index in [-0.39, 0.29) is 5.56 Å². The first-order chi connectivity index (χ1) is 6.56. The molecule has 0 aliphatic rings. The number of nitrogens with one attached hydrogen (secondary N) is 1. The van der Waals surface area contributed by atoms with Crippen molar-refractivity contribution >= 4 is 5.91 Å². The Bertz CT molecular complexity index is 338. The molecule has 1 aromatic heterocycles. The molecule has 0 aromatic carbocycles. The number of nitrogens with zero attached hydrogens (tertiary/aromatic N) is 2. The summed E-state index contributed by atoms with van der Waals surface area (Å²) in [5.41, 5.74) is 1.20. The SMILES string of the molecule is CONC(=O)c1cn(C)nc1C(F)F. The van der Waals surface area contributed by atoms with Gasteiger partial charge in [-0.05, 0) is 0 Å². The third-order valence-electron chi connectivity index (χ3n) is 1.50. The summed E-state index contributed by atoms with van der Waals surface area (Å²) in [6.45, 7) is 0. The molecule has 0 fully saturated rings. The van der Waals surface area contributed by atoms with Crippen LogP contribution in [0.1, 0.15) is 22.5 Å². The number of hydrogen-bond donors (Lipinski definition) is 1. The minimum atomic E-state index is -2.78. The van der Waals surface area contributed by atoms with Crippen molar-refractivity contribution in [1.82, 2.24) is 15.3 Å². The number of rotatable bonds is 3. The van der Waals surface area contributed by atoms with Crippen LogP contribution in [0.3, 0.4) is 0 Å². The fourth-order valence-corrected chi connectivity index (χ4v) is 0.989. The first kappa shape index (κ1) is 10.6. The quantitative estimate of drug-likeness (QED) is 0.737. The van der Waals surface area contributed by atoms with Gasteiger partial charge >= 0.3 is 0 Å². The fraction of sp³-hybridized carbons (Fsp3) is 0.429. The summed E-state index contributed by atoms with van der Waals surface area (Å²) in [6.07, 6.45) is -1.58. The summed E-state index contributed by atoms with van der Waals surface area (Å²) in [4.78, 5) is 15.5. The van der Waals surface area contributed by atoms with Crippen molar-refractivity contribution in [2.45, 2.75) is 6.43 Å². The van der Waals surface area contributed by atoms with Gasteiger partial charge in [0.2, 0.25) is 0 Å². The number of amides is 1. The molecule has 0 radical (unpaired) electrons. The zero-order valence-electron chi connectivity index (χ0n) is 7.62. The zero-order valence-corrected chi connectivity index (χ0v) is 7.62. The molecule has 0 aliphatic carbocycles. The number of hydroxylamine groups is 1. The molecule has 1 rings (SSSR count). The molecule has 14 heavy (non-hydrogen) atoms. The van der Waals surface area contributed by atoms with Crippen molar-refractivity contribution in [1.29, 1.82) is 0 Å². The molecule has 1 N–H and O–H groups in total. The van der Waals surface area contributed by atoms with Crippen LogP contribution < -0.4 is 5.48 Å². The largest absolute Gasteiger partial charge is 0.282 e. The van der Waals surface area contributed by atoms with Crippen LogP contribution in [0.5, 0.6) is 0 Å². The van der Waals surface area contributed by atoms with Crippen molar-refractivity contribution in [3.63, 3.8) is 0 Å². The first-order valence-electron chi connectivity index (χ1n) is 3.71. The van der Waals surface area contributed by atoms with Gasteiger partial charge in [0, 0.05) is 13.2 Å². The Balaban J connectivity index is 3.00. The van der Waals surface area contributed by atoms with Crippen molar-refractivity contribution in [3.05, 3.63) is 17.5 Å². The van der Waals surface area contributed by atoms with Gasteiger partial charge in [-0.25, -0.2) is 14.3 Å². The van der Waals surface area contributed by atoms with Gasteiger partial charge in [-0.2, -0.15) is 5.10 Å². The average molecular weight is 205 g/mol. The van der Waals surface area contributed by atoms with Gasteiger partial charge in [-0.3, -0.25) is 14.3 Å². The highest BCUT2D eigenvalue weighted by molar-refractivity contribution is 5.94. The second kappa shape index (κ2) is 4.14. The molecule has 78 valence electrons. The minimum Gasteiger partial charge on any atom is -0.277 e. The lowest BCUT2D eigenvalue weighted by Crippen LogP contribution is -2.22. The van der Waals surface area contributed by atoms with Crippen LogP contribution in [0, 0.1) is 0 Å². The van der Waals surface area contributed by atoms with Gasteiger partial charge < -0.3 is 0 Å². The molecule has 0 aliphatic heterocycles. The number of aryl methyl sites for hydroxylation is 1. The molecule has 7 heteroatoms. The van der Waals surface area contributed by atoms with Gasteiger partial charge in [0.1, 0.15) is 5.69 Å². The minimum absolute atomic E-state index is 0.190. The topological polar surface area (TPSA) is 56.1 Å². The number of alkyl halides is 2. The fourth-order valence-electron chi connectivity index (χ4n) is 0.989. The van der Waals surface area contributed by atoms with Gasteiger partial charge in [0.05, 0.1) is 12.7 Å². The molecule has 5 nitrogen and oxygen atoms in total. The highest BCUT2D eigenvalue weighted by Crippen LogP contribution is 2.20. The van der Waals surface area contributed by atoms with Crippen LogP contribution >= 0.6 is 0 Å². The van der Waals surface area contributed by atoms with Gasteiger partial charge in [0.15, 0.2) is 0 Å². The predicted molar refractivity (Wildman–Crippen MR) is 42.6 cm³/mol. The Morgan fingerprint density at radius 2 is 2.36 bits per heavy atom.